The molecule has 2 aromatic carbocycles. The number of amides is 1. The Morgan fingerprint density at radius 2 is 1.48 bits per heavy atom. The molecule has 0 heterocycles. The largest absolute Gasteiger partial charge is 0.465 e. The highest BCUT2D eigenvalue weighted by atomic mass is 35.5. The van der Waals surface area contributed by atoms with E-state index in [9.17, 15) is 9.90 Å². The Balaban J connectivity index is 2.37. The highest BCUT2D eigenvalue weighted by molar-refractivity contribution is 6.30. The highest BCUT2D eigenvalue weighted by Gasteiger charge is 2.20. The third-order valence-electron chi connectivity index (χ3n) is 3.57. The summed E-state index contributed by atoms with van der Waals surface area (Å²) in [5.41, 5.74) is 1.99. The Hall–Kier alpha value is -1.97. The van der Waals surface area contributed by atoms with Crippen LogP contribution in [0.25, 0.3) is 0 Å². The Morgan fingerprint density at radius 3 is 1.83 bits per heavy atom. The molecule has 0 saturated carbocycles. The summed E-state index contributed by atoms with van der Waals surface area (Å²) in [7, 11) is 0. The van der Waals surface area contributed by atoms with Gasteiger partial charge in [0.2, 0.25) is 0 Å². The predicted molar refractivity (Wildman–Crippen MR) is 94.5 cm³/mol. The lowest BCUT2D eigenvalue weighted by molar-refractivity contribution is 0.149. The molecule has 0 aliphatic rings. The Labute approximate surface area is 145 Å². The zero-order chi connectivity index (χ0) is 16.8. The molecule has 0 saturated heterocycles. The molecule has 0 aliphatic heterocycles. The number of nitrogens with zero attached hydrogens (tertiary/aromatic N) is 1. The van der Waals surface area contributed by atoms with E-state index in [0.717, 1.165) is 11.1 Å². The van der Waals surface area contributed by atoms with Crippen LogP contribution < -0.4 is 0 Å². The molecular weight excluding hydrogens is 333 g/mol. The van der Waals surface area contributed by atoms with E-state index in [1.165, 1.54) is 4.90 Å². The normalized spacial score (nSPS) is 10.6. The average Bonchev–Trinajstić information content (AvgIpc) is 2.53. The van der Waals surface area contributed by atoms with Crippen LogP contribution in [0.3, 0.4) is 0 Å². The van der Waals surface area contributed by atoms with Crippen molar-refractivity contribution in [3.05, 3.63) is 82.4 Å². The van der Waals surface area contributed by atoms with Gasteiger partial charge in [0.15, 0.2) is 0 Å². The van der Waals surface area contributed by atoms with Gasteiger partial charge in [-0.15, -0.1) is 6.58 Å². The van der Waals surface area contributed by atoms with Crippen LogP contribution in [0.2, 0.25) is 10.0 Å². The van der Waals surface area contributed by atoms with E-state index < -0.39 is 6.09 Å². The van der Waals surface area contributed by atoms with Gasteiger partial charge in [-0.05, 0) is 35.4 Å². The van der Waals surface area contributed by atoms with Crippen molar-refractivity contribution in [2.24, 2.45) is 0 Å². The Bertz CT molecular complexity index is 623. The van der Waals surface area contributed by atoms with Gasteiger partial charge >= 0.3 is 6.09 Å². The quantitative estimate of drug-likeness (QED) is 0.719. The minimum atomic E-state index is -0.974. The summed E-state index contributed by atoms with van der Waals surface area (Å²) in [5.74, 6) is -0.111. The molecule has 23 heavy (non-hydrogen) atoms. The number of benzene rings is 2. The summed E-state index contributed by atoms with van der Waals surface area (Å²) in [5, 5.41) is 10.7. The molecule has 0 radical (unpaired) electrons. The van der Waals surface area contributed by atoms with Crippen LogP contribution in [-0.2, 0) is 0 Å². The summed E-state index contributed by atoms with van der Waals surface area (Å²) in [6.07, 6.45) is 0.604. The van der Waals surface area contributed by atoms with Crippen molar-refractivity contribution in [1.29, 1.82) is 0 Å². The van der Waals surface area contributed by atoms with Gasteiger partial charge in [-0.3, -0.25) is 0 Å². The molecule has 0 atom stereocenters. The lowest BCUT2D eigenvalue weighted by Gasteiger charge is -2.25. The highest BCUT2D eigenvalue weighted by Crippen LogP contribution is 2.28. The molecule has 2 rings (SSSR count). The summed E-state index contributed by atoms with van der Waals surface area (Å²) < 4.78 is 0. The van der Waals surface area contributed by atoms with Gasteiger partial charge in [-0.1, -0.05) is 53.5 Å². The second-order valence-electron chi connectivity index (χ2n) is 5.13. The molecule has 5 heteroatoms. The fourth-order valence-electron chi connectivity index (χ4n) is 2.40. The van der Waals surface area contributed by atoms with E-state index in [4.69, 9.17) is 23.2 Å². The SMILES string of the molecule is C=CCN(CC(c1ccc(Cl)cc1)c1ccc(Cl)cc1)C(=O)O. The van der Waals surface area contributed by atoms with Gasteiger partial charge in [0.1, 0.15) is 0 Å². The second kappa shape index (κ2) is 8.04. The molecule has 0 aromatic heterocycles. The topological polar surface area (TPSA) is 40.5 Å². The van der Waals surface area contributed by atoms with E-state index in [1.54, 1.807) is 30.3 Å². The van der Waals surface area contributed by atoms with Gasteiger partial charge in [0.25, 0.3) is 0 Å². The van der Waals surface area contributed by atoms with Gasteiger partial charge in [-0.2, -0.15) is 0 Å². The van der Waals surface area contributed by atoms with Crippen molar-refractivity contribution in [2.75, 3.05) is 13.1 Å². The summed E-state index contributed by atoms with van der Waals surface area (Å²) in [4.78, 5) is 12.8. The first-order chi connectivity index (χ1) is 11.0. The molecule has 0 bridgehead atoms. The monoisotopic (exact) mass is 349 g/mol. The molecule has 1 amide bonds. The summed E-state index contributed by atoms with van der Waals surface area (Å²) in [6, 6.07) is 14.9. The average molecular weight is 350 g/mol. The van der Waals surface area contributed by atoms with Crippen molar-refractivity contribution in [2.45, 2.75) is 5.92 Å². The van der Waals surface area contributed by atoms with Crippen LogP contribution >= 0.6 is 23.2 Å². The maximum Gasteiger partial charge on any atom is 0.407 e. The Morgan fingerprint density at radius 1 is 1.04 bits per heavy atom. The molecule has 0 aliphatic carbocycles. The lowest BCUT2D eigenvalue weighted by atomic mass is 9.91. The number of carboxylic acid groups (broad SMARTS) is 1. The first-order valence-electron chi connectivity index (χ1n) is 7.11. The fourth-order valence-corrected chi connectivity index (χ4v) is 2.65. The molecule has 1 N–H and O–H groups in total. The van der Waals surface area contributed by atoms with E-state index >= 15 is 0 Å². The first kappa shape index (κ1) is 17.4. The van der Waals surface area contributed by atoms with Crippen LogP contribution in [0.1, 0.15) is 17.0 Å². The van der Waals surface area contributed by atoms with Crippen LogP contribution in [0.15, 0.2) is 61.2 Å². The fraction of sp³-hybridized carbons (Fsp3) is 0.167. The molecule has 0 unspecified atom stereocenters. The van der Waals surface area contributed by atoms with E-state index in [-0.39, 0.29) is 12.5 Å². The second-order valence-corrected chi connectivity index (χ2v) is 6.00. The summed E-state index contributed by atoms with van der Waals surface area (Å²) >= 11 is 11.9. The number of hydrogen-bond acceptors (Lipinski definition) is 1. The van der Waals surface area contributed by atoms with E-state index in [0.29, 0.717) is 16.6 Å². The minimum absolute atomic E-state index is 0.111. The van der Waals surface area contributed by atoms with Gasteiger partial charge in [0, 0.05) is 29.1 Å². The number of halogens is 2. The van der Waals surface area contributed by atoms with E-state index in [2.05, 4.69) is 6.58 Å². The maximum absolute atomic E-state index is 11.4. The van der Waals surface area contributed by atoms with E-state index in [1.807, 2.05) is 24.3 Å². The molecular formula is C18H17Cl2NO2. The third kappa shape index (κ3) is 4.75. The number of hydrogen-bond donors (Lipinski definition) is 1. The van der Waals surface area contributed by atoms with Crippen molar-refractivity contribution in [3.8, 4) is 0 Å². The minimum Gasteiger partial charge on any atom is -0.465 e. The molecule has 2 aromatic rings. The molecule has 0 spiro atoms. The third-order valence-corrected chi connectivity index (χ3v) is 4.07. The number of rotatable bonds is 6. The van der Waals surface area contributed by atoms with Crippen molar-refractivity contribution in [3.63, 3.8) is 0 Å². The predicted octanol–water partition coefficient (Wildman–Crippen LogP) is 5.29. The number of carbonyl (C=O) groups is 1. The first-order valence-corrected chi connectivity index (χ1v) is 7.86. The van der Waals surface area contributed by atoms with Crippen molar-refractivity contribution in [1.82, 2.24) is 4.90 Å². The Kier molecular flexibility index (Phi) is 6.08. The van der Waals surface area contributed by atoms with Gasteiger partial charge in [-0.25, -0.2) is 4.79 Å². The maximum atomic E-state index is 11.4. The summed E-state index contributed by atoms with van der Waals surface area (Å²) in [6.45, 7) is 4.21. The lowest BCUT2D eigenvalue weighted by Crippen LogP contribution is -2.34. The molecule has 3 nitrogen and oxygen atoms in total. The standard InChI is InChI=1S/C18H17Cl2NO2/c1-2-11-21(18(22)23)12-17(13-3-7-15(19)8-4-13)14-5-9-16(20)10-6-14/h2-10,17H,1,11-12H2,(H,22,23). The van der Waals surface area contributed by atoms with Gasteiger partial charge < -0.3 is 10.0 Å². The zero-order valence-electron chi connectivity index (χ0n) is 12.5. The van der Waals surface area contributed by atoms with Crippen molar-refractivity contribution >= 4 is 29.3 Å². The van der Waals surface area contributed by atoms with Crippen LogP contribution in [0, 0.1) is 0 Å². The van der Waals surface area contributed by atoms with Crippen LogP contribution in [0.5, 0.6) is 0 Å². The van der Waals surface area contributed by atoms with Crippen LogP contribution in [-0.4, -0.2) is 29.2 Å². The van der Waals surface area contributed by atoms with Crippen LogP contribution in [0.4, 0.5) is 4.79 Å². The zero-order valence-corrected chi connectivity index (χ0v) is 14.0. The smallest absolute Gasteiger partial charge is 0.407 e. The molecule has 0 fully saturated rings. The molecule has 120 valence electrons. The van der Waals surface area contributed by atoms with Crippen molar-refractivity contribution < 1.29 is 9.90 Å². The van der Waals surface area contributed by atoms with Gasteiger partial charge in [0.05, 0.1) is 0 Å².